The molecule has 1 amide bonds. The van der Waals surface area contributed by atoms with Gasteiger partial charge in [-0.05, 0) is 36.4 Å². The Morgan fingerprint density at radius 2 is 1.92 bits per heavy atom. The Hall–Kier alpha value is -2.61. The molecular formula is C16H11ClF3NO4. The van der Waals surface area contributed by atoms with Crippen LogP contribution in [0.1, 0.15) is 10.4 Å². The fourth-order valence-electron chi connectivity index (χ4n) is 2.10. The SMILES string of the molecule is O=C(Nc1ccc(OCC(F)(F)F)cc1)c1cc(Cl)c2c(c1)OCO2. The van der Waals surface area contributed by atoms with Crippen LogP contribution in [0.15, 0.2) is 36.4 Å². The predicted octanol–water partition coefficient (Wildman–Crippen LogP) is 4.26. The molecule has 2 aromatic rings. The maximum absolute atomic E-state index is 12.3. The molecule has 0 unspecified atom stereocenters. The lowest BCUT2D eigenvalue weighted by Gasteiger charge is -2.10. The maximum Gasteiger partial charge on any atom is 0.422 e. The molecule has 0 saturated heterocycles. The van der Waals surface area contributed by atoms with Gasteiger partial charge in [0, 0.05) is 11.3 Å². The van der Waals surface area contributed by atoms with Gasteiger partial charge in [0.1, 0.15) is 5.75 Å². The second-order valence-electron chi connectivity index (χ2n) is 5.07. The van der Waals surface area contributed by atoms with Crippen LogP contribution in [0, 0.1) is 0 Å². The van der Waals surface area contributed by atoms with Gasteiger partial charge >= 0.3 is 6.18 Å². The van der Waals surface area contributed by atoms with Crippen molar-refractivity contribution in [1.82, 2.24) is 0 Å². The molecule has 1 N–H and O–H groups in total. The van der Waals surface area contributed by atoms with Gasteiger partial charge in [-0.3, -0.25) is 4.79 Å². The van der Waals surface area contributed by atoms with E-state index in [4.69, 9.17) is 21.1 Å². The van der Waals surface area contributed by atoms with Gasteiger partial charge in [0.25, 0.3) is 5.91 Å². The number of carbonyl (C=O) groups excluding carboxylic acids is 1. The lowest BCUT2D eigenvalue weighted by atomic mass is 10.2. The molecule has 0 fully saturated rings. The average molecular weight is 374 g/mol. The van der Waals surface area contributed by atoms with E-state index in [-0.39, 0.29) is 23.1 Å². The van der Waals surface area contributed by atoms with Crippen molar-refractivity contribution in [3.05, 3.63) is 47.0 Å². The Morgan fingerprint density at radius 3 is 2.60 bits per heavy atom. The van der Waals surface area contributed by atoms with E-state index in [9.17, 15) is 18.0 Å². The molecule has 0 radical (unpaired) electrons. The second kappa shape index (κ2) is 6.72. The third-order valence-corrected chi connectivity index (χ3v) is 3.48. The first-order chi connectivity index (χ1) is 11.8. The van der Waals surface area contributed by atoms with Crippen molar-refractivity contribution in [3.63, 3.8) is 0 Å². The third-order valence-electron chi connectivity index (χ3n) is 3.20. The van der Waals surface area contributed by atoms with E-state index in [1.54, 1.807) is 0 Å². The Balaban J connectivity index is 1.66. The zero-order valence-corrected chi connectivity index (χ0v) is 13.3. The molecule has 2 aromatic carbocycles. The molecule has 3 rings (SSSR count). The zero-order chi connectivity index (χ0) is 18.0. The van der Waals surface area contributed by atoms with Crippen LogP contribution in [0.4, 0.5) is 18.9 Å². The first kappa shape index (κ1) is 17.2. The summed E-state index contributed by atoms with van der Waals surface area (Å²) in [6.07, 6.45) is -4.41. The molecule has 0 saturated carbocycles. The molecule has 1 heterocycles. The highest BCUT2D eigenvalue weighted by Crippen LogP contribution is 2.39. The summed E-state index contributed by atoms with van der Waals surface area (Å²) < 4.78 is 51.2. The number of carbonyl (C=O) groups is 1. The van der Waals surface area contributed by atoms with Crippen molar-refractivity contribution in [2.24, 2.45) is 0 Å². The van der Waals surface area contributed by atoms with E-state index in [0.717, 1.165) is 0 Å². The third kappa shape index (κ3) is 4.27. The monoisotopic (exact) mass is 373 g/mol. The maximum atomic E-state index is 12.3. The highest BCUT2D eigenvalue weighted by molar-refractivity contribution is 6.32. The molecule has 9 heteroatoms. The van der Waals surface area contributed by atoms with Crippen LogP contribution in [0.5, 0.6) is 17.2 Å². The first-order valence-corrected chi connectivity index (χ1v) is 7.40. The van der Waals surface area contributed by atoms with Crippen molar-refractivity contribution in [2.45, 2.75) is 6.18 Å². The number of amides is 1. The number of halogens is 4. The van der Waals surface area contributed by atoms with Gasteiger partial charge in [0.2, 0.25) is 6.79 Å². The summed E-state index contributed by atoms with van der Waals surface area (Å²) >= 11 is 6.02. The van der Waals surface area contributed by atoms with E-state index in [1.165, 1.54) is 36.4 Å². The Kier molecular flexibility index (Phi) is 4.63. The smallest absolute Gasteiger partial charge is 0.422 e. The van der Waals surface area contributed by atoms with Crippen LogP contribution in [-0.2, 0) is 0 Å². The number of alkyl halides is 3. The Labute approximate surface area is 145 Å². The molecule has 0 aliphatic carbocycles. The highest BCUT2D eigenvalue weighted by Gasteiger charge is 2.28. The number of hydrogen-bond donors (Lipinski definition) is 1. The predicted molar refractivity (Wildman–Crippen MR) is 83.5 cm³/mol. The topological polar surface area (TPSA) is 56.8 Å². The molecule has 0 spiro atoms. The summed E-state index contributed by atoms with van der Waals surface area (Å²) in [5, 5.41) is 2.85. The minimum Gasteiger partial charge on any atom is -0.484 e. The number of nitrogens with one attached hydrogen (secondary N) is 1. The molecule has 132 valence electrons. The van der Waals surface area contributed by atoms with Crippen LogP contribution in [0.2, 0.25) is 5.02 Å². The average Bonchev–Trinajstić information content (AvgIpc) is 3.02. The molecule has 1 aliphatic heterocycles. The lowest BCUT2D eigenvalue weighted by molar-refractivity contribution is -0.153. The summed E-state index contributed by atoms with van der Waals surface area (Å²) in [6.45, 7) is -1.35. The second-order valence-corrected chi connectivity index (χ2v) is 5.48. The largest absolute Gasteiger partial charge is 0.484 e. The van der Waals surface area contributed by atoms with E-state index < -0.39 is 18.7 Å². The number of benzene rings is 2. The van der Waals surface area contributed by atoms with E-state index in [2.05, 4.69) is 10.1 Å². The van der Waals surface area contributed by atoms with Crippen LogP contribution >= 0.6 is 11.6 Å². The summed E-state index contributed by atoms with van der Waals surface area (Å²) in [6, 6.07) is 8.44. The minimum atomic E-state index is -4.41. The normalized spacial score (nSPS) is 12.8. The van der Waals surface area contributed by atoms with Crippen LogP contribution in [0.3, 0.4) is 0 Å². The summed E-state index contributed by atoms with van der Waals surface area (Å²) in [4.78, 5) is 12.3. The van der Waals surface area contributed by atoms with Crippen molar-refractivity contribution in [3.8, 4) is 17.2 Å². The van der Waals surface area contributed by atoms with Gasteiger partial charge < -0.3 is 19.5 Å². The standard InChI is InChI=1S/C16H11ClF3NO4/c17-12-5-9(6-13-14(12)25-8-24-13)15(22)21-10-1-3-11(4-2-10)23-7-16(18,19)20/h1-6H,7-8H2,(H,21,22). The zero-order valence-electron chi connectivity index (χ0n) is 12.5. The van der Waals surface area contributed by atoms with Crippen molar-refractivity contribution in [1.29, 1.82) is 0 Å². The van der Waals surface area contributed by atoms with Crippen molar-refractivity contribution in [2.75, 3.05) is 18.7 Å². The molecule has 0 atom stereocenters. The molecule has 1 aliphatic rings. The number of fused-ring (bicyclic) bond motifs is 1. The van der Waals surface area contributed by atoms with Crippen LogP contribution < -0.4 is 19.5 Å². The number of hydrogen-bond acceptors (Lipinski definition) is 4. The van der Waals surface area contributed by atoms with Gasteiger partial charge in [-0.25, -0.2) is 0 Å². The van der Waals surface area contributed by atoms with E-state index in [1.807, 2.05) is 0 Å². The Morgan fingerprint density at radius 1 is 1.20 bits per heavy atom. The van der Waals surface area contributed by atoms with E-state index in [0.29, 0.717) is 17.2 Å². The number of anilines is 1. The van der Waals surface area contributed by atoms with Gasteiger partial charge in [-0.2, -0.15) is 13.2 Å². The summed E-state index contributed by atoms with van der Waals surface area (Å²) in [5.41, 5.74) is 0.643. The fourth-order valence-corrected chi connectivity index (χ4v) is 2.37. The van der Waals surface area contributed by atoms with Crippen molar-refractivity contribution < 1.29 is 32.2 Å². The summed E-state index contributed by atoms with van der Waals surface area (Å²) in [5.74, 6) is 0.337. The molecule has 0 bridgehead atoms. The highest BCUT2D eigenvalue weighted by atomic mass is 35.5. The minimum absolute atomic E-state index is 0.0273. The molecule has 0 aromatic heterocycles. The number of rotatable bonds is 4. The lowest BCUT2D eigenvalue weighted by Crippen LogP contribution is -2.19. The van der Waals surface area contributed by atoms with Crippen LogP contribution in [0.25, 0.3) is 0 Å². The van der Waals surface area contributed by atoms with Gasteiger partial charge in [-0.1, -0.05) is 11.6 Å². The van der Waals surface area contributed by atoms with Gasteiger partial charge in [0.05, 0.1) is 5.02 Å². The van der Waals surface area contributed by atoms with Gasteiger partial charge in [-0.15, -0.1) is 0 Å². The Bertz CT molecular complexity index is 793. The molecule has 25 heavy (non-hydrogen) atoms. The fraction of sp³-hybridized carbons (Fsp3) is 0.188. The summed E-state index contributed by atoms with van der Waals surface area (Å²) in [7, 11) is 0. The van der Waals surface area contributed by atoms with Crippen LogP contribution in [-0.4, -0.2) is 25.5 Å². The van der Waals surface area contributed by atoms with E-state index >= 15 is 0 Å². The molecule has 5 nitrogen and oxygen atoms in total. The molecular weight excluding hydrogens is 363 g/mol. The van der Waals surface area contributed by atoms with Gasteiger partial charge in [0.15, 0.2) is 18.1 Å². The number of ether oxygens (including phenoxy) is 3. The quantitative estimate of drug-likeness (QED) is 0.870. The van der Waals surface area contributed by atoms with Crippen molar-refractivity contribution >= 4 is 23.2 Å². The first-order valence-electron chi connectivity index (χ1n) is 7.02.